The van der Waals surface area contributed by atoms with Crippen molar-refractivity contribution >= 4 is 0 Å². The first-order chi connectivity index (χ1) is 9.65. The van der Waals surface area contributed by atoms with Gasteiger partial charge in [0, 0.05) is 25.2 Å². The second kappa shape index (κ2) is 5.87. The fraction of sp³-hybridized carbons (Fsp3) is 0.667. The van der Waals surface area contributed by atoms with E-state index < -0.39 is 0 Å². The fourth-order valence-corrected chi connectivity index (χ4v) is 3.94. The van der Waals surface area contributed by atoms with E-state index in [1.54, 1.807) is 0 Å². The molecule has 0 aliphatic carbocycles. The van der Waals surface area contributed by atoms with Crippen molar-refractivity contribution in [3.8, 4) is 0 Å². The van der Waals surface area contributed by atoms with Crippen LogP contribution in [-0.4, -0.2) is 30.1 Å². The number of nitrogens with zero attached hydrogens (tertiary/aromatic N) is 1. The second-order valence-electron chi connectivity index (χ2n) is 6.74. The molecule has 0 aromatic heterocycles. The molecule has 1 aromatic rings. The first-order valence-corrected chi connectivity index (χ1v) is 8.19. The number of aryl methyl sites for hydroxylation is 3. The molecule has 1 aromatic carbocycles. The zero-order valence-corrected chi connectivity index (χ0v) is 13.2. The highest BCUT2D eigenvalue weighted by Crippen LogP contribution is 2.27. The summed E-state index contributed by atoms with van der Waals surface area (Å²) in [5.41, 5.74) is 5.73. The van der Waals surface area contributed by atoms with Crippen molar-refractivity contribution in [1.29, 1.82) is 0 Å². The number of hydrogen-bond donors (Lipinski definition) is 1. The highest BCUT2D eigenvalue weighted by atomic mass is 15.2. The van der Waals surface area contributed by atoms with Crippen molar-refractivity contribution in [2.24, 2.45) is 0 Å². The predicted octanol–water partition coefficient (Wildman–Crippen LogP) is 3.33. The van der Waals surface area contributed by atoms with Crippen molar-refractivity contribution < 1.29 is 0 Å². The highest BCUT2D eigenvalue weighted by molar-refractivity contribution is 5.36. The SMILES string of the molecule is Cc1cc(C)c(CNC2CCN3CCCCC23)cc1C. The predicted molar refractivity (Wildman–Crippen MR) is 85.1 cm³/mol. The van der Waals surface area contributed by atoms with Crippen LogP contribution < -0.4 is 5.32 Å². The lowest BCUT2D eigenvalue weighted by molar-refractivity contribution is 0.180. The molecule has 110 valence electrons. The molecule has 2 atom stereocenters. The quantitative estimate of drug-likeness (QED) is 0.908. The third-order valence-electron chi connectivity index (χ3n) is 5.36. The van der Waals surface area contributed by atoms with Crippen molar-refractivity contribution in [2.45, 2.75) is 65.1 Å². The monoisotopic (exact) mass is 272 g/mol. The number of benzene rings is 1. The summed E-state index contributed by atoms with van der Waals surface area (Å²) in [5.74, 6) is 0. The van der Waals surface area contributed by atoms with Gasteiger partial charge in [-0.25, -0.2) is 0 Å². The van der Waals surface area contributed by atoms with E-state index in [4.69, 9.17) is 0 Å². The summed E-state index contributed by atoms with van der Waals surface area (Å²) >= 11 is 0. The Kier molecular flexibility index (Phi) is 4.13. The molecule has 20 heavy (non-hydrogen) atoms. The van der Waals surface area contributed by atoms with Gasteiger partial charge in [0.15, 0.2) is 0 Å². The number of rotatable bonds is 3. The normalized spacial score (nSPS) is 26.8. The second-order valence-corrected chi connectivity index (χ2v) is 6.74. The third-order valence-corrected chi connectivity index (χ3v) is 5.36. The van der Waals surface area contributed by atoms with E-state index in [0.29, 0.717) is 6.04 Å². The van der Waals surface area contributed by atoms with Gasteiger partial charge in [-0.1, -0.05) is 18.6 Å². The van der Waals surface area contributed by atoms with Gasteiger partial charge in [0.1, 0.15) is 0 Å². The van der Waals surface area contributed by atoms with Gasteiger partial charge in [-0.05, 0) is 68.8 Å². The maximum Gasteiger partial charge on any atom is 0.0249 e. The minimum absolute atomic E-state index is 0.705. The highest BCUT2D eigenvalue weighted by Gasteiger charge is 2.34. The summed E-state index contributed by atoms with van der Waals surface area (Å²) in [5, 5.41) is 3.84. The summed E-state index contributed by atoms with van der Waals surface area (Å²) < 4.78 is 0. The summed E-state index contributed by atoms with van der Waals surface area (Å²) in [6.45, 7) is 10.3. The molecular weight excluding hydrogens is 244 g/mol. The van der Waals surface area contributed by atoms with Gasteiger partial charge in [0.2, 0.25) is 0 Å². The van der Waals surface area contributed by atoms with E-state index in [-0.39, 0.29) is 0 Å². The molecule has 2 saturated heterocycles. The zero-order valence-electron chi connectivity index (χ0n) is 13.2. The molecule has 2 heterocycles. The lowest BCUT2D eigenvalue weighted by Gasteiger charge is -2.32. The van der Waals surface area contributed by atoms with Crippen LogP contribution in [0, 0.1) is 20.8 Å². The smallest absolute Gasteiger partial charge is 0.0249 e. The van der Waals surface area contributed by atoms with Gasteiger partial charge >= 0.3 is 0 Å². The van der Waals surface area contributed by atoms with Crippen molar-refractivity contribution in [3.05, 3.63) is 34.4 Å². The molecule has 2 aliphatic heterocycles. The van der Waals surface area contributed by atoms with Crippen LogP contribution in [0.25, 0.3) is 0 Å². The Morgan fingerprint density at radius 1 is 1.00 bits per heavy atom. The maximum atomic E-state index is 3.84. The van der Waals surface area contributed by atoms with Gasteiger partial charge in [-0.2, -0.15) is 0 Å². The summed E-state index contributed by atoms with van der Waals surface area (Å²) in [6, 6.07) is 6.20. The third kappa shape index (κ3) is 2.77. The average Bonchev–Trinajstić information content (AvgIpc) is 2.85. The molecule has 1 N–H and O–H groups in total. The van der Waals surface area contributed by atoms with Crippen molar-refractivity contribution in [3.63, 3.8) is 0 Å². The van der Waals surface area contributed by atoms with Crippen LogP contribution in [-0.2, 0) is 6.54 Å². The zero-order chi connectivity index (χ0) is 14.1. The van der Waals surface area contributed by atoms with Crippen LogP contribution in [0.3, 0.4) is 0 Å². The van der Waals surface area contributed by atoms with Crippen LogP contribution in [0.5, 0.6) is 0 Å². The van der Waals surface area contributed by atoms with E-state index in [1.165, 1.54) is 61.0 Å². The molecule has 2 fully saturated rings. The Bertz CT molecular complexity index is 481. The number of fused-ring (bicyclic) bond motifs is 1. The fourth-order valence-electron chi connectivity index (χ4n) is 3.94. The molecule has 0 amide bonds. The van der Waals surface area contributed by atoms with Crippen molar-refractivity contribution in [2.75, 3.05) is 13.1 Å². The molecule has 0 saturated carbocycles. The van der Waals surface area contributed by atoms with E-state index in [0.717, 1.165) is 12.6 Å². The van der Waals surface area contributed by atoms with E-state index in [2.05, 4.69) is 43.1 Å². The van der Waals surface area contributed by atoms with Gasteiger partial charge in [0.25, 0.3) is 0 Å². The molecule has 2 heteroatoms. The Balaban J connectivity index is 1.63. The van der Waals surface area contributed by atoms with Crippen LogP contribution >= 0.6 is 0 Å². The number of piperidine rings is 1. The average molecular weight is 272 g/mol. The molecular formula is C18H28N2. The van der Waals surface area contributed by atoms with Crippen LogP contribution in [0.1, 0.15) is 47.9 Å². The molecule has 0 radical (unpaired) electrons. The van der Waals surface area contributed by atoms with Crippen LogP contribution in [0.2, 0.25) is 0 Å². The minimum atomic E-state index is 0.705. The maximum absolute atomic E-state index is 3.84. The lowest BCUT2D eigenvalue weighted by Crippen LogP contribution is -2.44. The van der Waals surface area contributed by atoms with Crippen LogP contribution in [0.4, 0.5) is 0 Å². The van der Waals surface area contributed by atoms with E-state index in [1.807, 2.05) is 0 Å². The molecule has 2 nitrogen and oxygen atoms in total. The van der Waals surface area contributed by atoms with Gasteiger partial charge in [-0.15, -0.1) is 0 Å². The first kappa shape index (κ1) is 14.1. The Labute approximate surface area is 123 Å². The molecule has 2 aliphatic rings. The Morgan fingerprint density at radius 3 is 2.65 bits per heavy atom. The molecule has 2 unspecified atom stereocenters. The summed E-state index contributed by atoms with van der Waals surface area (Å²) in [7, 11) is 0. The van der Waals surface area contributed by atoms with Gasteiger partial charge in [0.05, 0.1) is 0 Å². The van der Waals surface area contributed by atoms with E-state index in [9.17, 15) is 0 Å². The largest absolute Gasteiger partial charge is 0.308 e. The summed E-state index contributed by atoms with van der Waals surface area (Å²) in [6.07, 6.45) is 5.54. The minimum Gasteiger partial charge on any atom is -0.308 e. The van der Waals surface area contributed by atoms with Gasteiger partial charge < -0.3 is 5.32 Å². The molecule has 3 rings (SSSR count). The number of nitrogens with one attached hydrogen (secondary N) is 1. The Hall–Kier alpha value is -0.860. The number of hydrogen-bond acceptors (Lipinski definition) is 2. The summed E-state index contributed by atoms with van der Waals surface area (Å²) in [4.78, 5) is 2.70. The van der Waals surface area contributed by atoms with Crippen LogP contribution in [0.15, 0.2) is 12.1 Å². The van der Waals surface area contributed by atoms with Crippen molar-refractivity contribution in [1.82, 2.24) is 10.2 Å². The topological polar surface area (TPSA) is 15.3 Å². The van der Waals surface area contributed by atoms with Gasteiger partial charge in [-0.3, -0.25) is 4.90 Å². The standard InChI is InChI=1S/C18H28N2/c1-13-10-15(3)16(11-14(13)2)12-19-17-7-9-20-8-5-4-6-18(17)20/h10-11,17-19H,4-9,12H2,1-3H3. The molecule has 0 spiro atoms. The van der Waals surface area contributed by atoms with E-state index >= 15 is 0 Å². The lowest BCUT2D eigenvalue weighted by atomic mass is 9.97. The molecule has 0 bridgehead atoms. The first-order valence-electron chi connectivity index (χ1n) is 8.19. The Morgan fingerprint density at radius 2 is 1.80 bits per heavy atom.